The van der Waals surface area contributed by atoms with Crippen molar-refractivity contribution in [3.05, 3.63) is 101 Å². The number of amides is 2. The van der Waals surface area contributed by atoms with Crippen molar-refractivity contribution < 1.29 is 14.0 Å². The first-order valence-corrected chi connectivity index (χ1v) is 9.42. The van der Waals surface area contributed by atoms with Gasteiger partial charge >= 0.3 is 0 Å². The summed E-state index contributed by atoms with van der Waals surface area (Å²) in [5.74, 6) is -1.31. The SMILES string of the molecule is NC(=O)[C@@H](c1ccccc1)N(C(=O)c1cccnc1)[C@@H]1CCc2c(F)cccc21. The van der Waals surface area contributed by atoms with Crippen LogP contribution in [-0.2, 0) is 11.2 Å². The second-order valence-corrected chi connectivity index (χ2v) is 7.03. The number of fused-ring (bicyclic) bond motifs is 1. The van der Waals surface area contributed by atoms with Gasteiger partial charge in [-0.1, -0.05) is 42.5 Å². The van der Waals surface area contributed by atoms with Gasteiger partial charge in [0.1, 0.15) is 11.9 Å². The van der Waals surface area contributed by atoms with Gasteiger partial charge in [-0.25, -0.2) is 4.39 Å². The van der Waals surface area contributed by atoms with Crippen molar-refractivity contribution in [3.63, 3.8) is 0 Å². The van der Waals surface area contributed by atoms with Crippen LogP contribution in [-0.4, -0.2) is 21.7 Å². The molecule has 146 valence electrons. The van der Waals surface area contributed by atoms with Gasteiger partial charge in [0, 0.05) is 12.4 Å². The zero-order chi connectivity index (χ0) is 20.4. The first kappa shape index (κ1) is 18.8. The Hall–Kier alpha value is -3.54. The van der Waals surface area contributed by atoms with E-state index in [1.807, 2.05) is 12.1 Å². The highest BCUT2D eigenvalue weighted by molar-refractivity contribution is 5.97. The van der Waals surface area contributed by atoms with Crippen LogP contribution in [0.2, 0.25) is 0 Å². The number of nitrogens with two attached hydrogens (primary N) is 1. The monoisotopic (exact) mass is 389 g/mol. The van der Waals surface area contributed by atoms with Gasteiger partial charge in [0.25, 0.3) is 5.91 Å². The van der Waals surface area contributed by atoms with E-state index in [0.717, 1.165) is 0 Å². The van der Waals surface area contributed by atoms with Gasteiger partial charge in [0.15, 0.2) is 0 Å². The largest absolute Gasteiger partial charge is 0.368 e. The maximum Gasteiger partial charge on any atom is 0.256 e. The van der Waals surface area contributed by atoms with Crippen molar-refractivity contribution in [1.29, 1.82) is 0 Å². The minimum atomic E-state index is -0.983. The fourth-order valence-electron chi connectivity index (χ4n) is 4.05. The number of aromatic nitrogens is 1. The molecule has 1 aromatic heterocycles. The third kappa shape index (κ3) is 3.49. The molecule has 1 aliphatic carbocycles. The first-order chi connectivity index (χ1) is 14.1. The van der Waals surface area contributed by atoms with Gasteiger partial charge in [0.05, 0.1) is 11.6 Å². The third-order valence-corrected chi connectivity index (χ3v) is 5.32. The molecule has 0 saturated carbocycles. The molecule has 2 N–H and O–H groups in total. The zero-order valence-corrected chi connectivity index (χ0v) is 15.7. The molecule has 2 atom stereocenters. The zero-order valence-electron chi connectivity index (χ0n) is 15.7. The molecule has 29 heavy (non-hydrogen) atoms. The normalized spacial score (nSPS) is 16.1. The van der Waals surface area contributed by atoms with Crippen molar-refractivity contribution in [2.75, 3.05) is 0 Å². The summed E-state index contributed by atoms with van der Waals surface area (Å²) in [6.45, 7) is 0. The number of hydrogen-bond donors (Lipinski definition) is 1. The fourth-order valence-corrected chi connectivity index (χ4v) is 4.05. The van der Waals surface area contributed by atoms with Crippen LogP contribution in [0.25, 0.3) is 0 Å². The van der Waals surface area contributed by atoms with Crippen molar-refractivity contribution in [1.82, 2.24) is 9.88 Å². The molecule has 0 bridgehead atoms. The summed E-state index contributed by atoms with van der Waals surface area (Å²) in [5.41, 5.74) is 8.03. The molecule has 4 rings (SSSR count). The minimum Gasteiger partial charge on any atom is -0.368 e. The molecule has 5 nitrogen and oxygen atoms in total. The number of nitrogens with zero attached hydrogens (tertiary/aromatic N) is 2. The molecule has 0 fully saturated rings. The summed E-state index contributed by atoms with van der Waals surface area (Å²) in [5, 5.41) is 0. The second kappa shape index (κ2) is 7.83. The van der Waals surface area contributed by atoms with Crippen molar-refractivity contribution in [2.45, 2.75) is 24.9 Å². The number of rotatable bonds is 5. The summed E-state index contributed by atoms with van der Waals surface area (Å²) in [6.07, 6.45) is 4.03. The van der Waals surface area contributed by atoms with E-state index < -0.39 is 18.0 Å². The topological polar surface area (TPSA) is 76.3 Å². The third-order valence-electron chi connectivity index (χ3n) is 5.32. The quantitative estimate of drug-likeness (QED) is 0.725. The van der Waals surface area contributed by atoms with Gasteiger partial charge in [-0.15, -0.1) is 0 Å². The number of pyridine rings is 1. The van der Waals surface area contributed by atoms with Crippen molar-refractivity contribution >= 4 is 11.8 Å². The van der Waals surface area contributed by atoms with Crippen LogP contribution >= 0.6 is 0 Å². The lowest BCUT2D eigenvalue weighted by Gasteiger charge is -2.35. The number of halogens is 1. The van der Waals surface area contributed by atoms with Gasteiger partial charge in [-0.2, -0.15) is 0 Å². The van der Waals surface area contributed by atoms with E-state index >= 15 is 0 Å². The Balaban J connectivity index is 1.86. The van der Waals surface area contributed by atoms with Gasteiger partial charge in [-0.05, 0) is 47.7 Å². The van der Waals surface area contributed by atoms with Gasteiger partial charge in [-0.3, -0.25) is 14.6 Å². The Morgan fingerprint density at radius 3 is 2.55 bits per heavy atom. The van der Waals surface area contributed by atoms with Gasteiger partial charge in [0.2, 0.25) is 5.91 Å². The highest BCUT2D eigenvalue weighted by atomic mass is 19.1. The summed E-state index contributed by atoms with van der Waals surface area (Å²) < 4.78 is 14.3. The van der Waals surface area contributed by atoms with E-state index in [9.17, 15) is 14.0 Å². The molecular formula is C23H20FN3O2. The molecule has 1 heterocycles. The van der Waals surface area contributed by atoms with E-state index in [1.165, 1.54) is 17.2 Å². The number of hydrogen-bond acceptors (Lipinski definition) is 3. The molecule has 0 unspecified atom stereocenters. The summed E-state index contributed by atoms with van der Waals surface area (Å²) in [6, 6.07) is 15.6. The average Bonchev–Trinajstić information content (AvgIpc) is 3.17. The lowest BCUT2D eigenvalue weighted by atomic mass is 9.98. The Morgan fingerprint density at radius 2 is 1.86 bits per heavy atom. The smallest absolute Gasteiger partial charge is 0.256 e. The van der Waals surface area contributed by atoms with E-state index in [-0.39, 0.29) is 11.7 Å². The average molecular weight is 389 g/mol. The summed E-state index contributed by atoms with van der Waals surface area (Å²) >= 11 is 0. The van der Waals surface area contributed by atoms with E-state index in [4.69, 9.17) is 5.73 Å². The first-order valence-electron chi connectivity index (χ1n) is 9.42. The van der Waals surface area contributed by atoms with E-state index in [0.29, 0.717) is 35.1 Å². The Morgan fingerprint density at radius 1 is 1.07 bits per heavy atom. The molecule has 0 radical (unpaired) electrons. The van der Waals surface area contributed by atoms with E-state index in [1.54, 1.807) is 48.7 Å². The lowest BCUT2D eigenvalue weighted by molar-refractivity contribution is -0.123. The molecule has 0 saturated heterocycles. The summed E-state index contributed by atoms with van der Waals surface area (Å²) in [4.78, 5) is 31.6. The van der Waals surface area contributed by atoms with Crippen LogP contribution in [0, 0.1) is 5.82 Å². The van der Waals surface area contributed by atoms with E-state index in [2.05, 4.69) is 4.98 Å². The fraction of sp³-hybridized carbons (Fsp3) is 0.174. The van der Waals surface area contributed by atoms with Crippen LogP contribution < -0.4 is 5.73 Å². The summed E-state index contributed by atoms with van der Waals surface area (Å²) in [7, 11) is 0. The molecule has 1 aliphatic rings. The molecule has 2 amide bonds. The highest BCUT2D eigenvalue weighted by Crippen LogP contribution is 2.41. The number of carbonyl (C=O) groups is 2. The highest BCUT2D eigenvalue weighted by Gasteiger charge is 2.40. The van der Waals surface area contributed by atoms with Crippen LogP contribution in [0.3, 0.4) is 0 Å². The molecule has 2 aromatic carbocycles. The Labute approximate surface area is 168 Å². The van der Waals surface area contributed by atoms with Gasteiger partial charge < -0.3 is 10.6 Å². The molecule has 3 aromatic rings. The Bertz CT molecular complexity index is 1040. The maximum atomic E-state index is 14.3. The Kier molecular flexibility index (Phi) is 5.08. The number of benzene rings is 2. The van der Waals surface area contributed by atoms with Crippen LogP contribution in [0.4, 0.5) is 4.39 Å². The number of carbonyl (C=O) groups excluding carboxylic acids is 2. The maximum absolute atomic E-state index is 14.3. The predicted molar refractivity (Wildman–Crippen MR) is 106 cm³/mol. The molecule has 0 spiro atoms. The standard InChI is InChI=1S/C23H20FN3O2/c24-19-10-4-9-18-17(19)11-12-20(18)27(23(29)16-8-5-13-26-14-16)21(22(25)28)15-6-2-1-3-7-15/h1-10,13-14,20-21H,11-12H2,(H2,25,28)/t20-,21-/m1/s1. The lowest BCUT2D eigenvalue weighted by Crippen LogP contribution is -2.43. The van der Waals surface area contributed by atoms with Crippen LogP contribution in [0.15, 0.2) is 73.1 Å². The van der Waals surface area contributed by atoms with Crippen molar-refractivity contribution in [2.24, 2.45) is 5.73 Å². The molecule has 6 heteroatoms. The van der Waals surface area contributed by atoms with Crippen molar-refractivity contribution in [3.8, 4) is 0 Å². The minimum absolute atomic E-state index is 0.297. The van der Waals surface area contributed by atoms with Crippen LogP contribution in [0.5, 0.6) is 0 Å². The predicted octanol–water partition coefficient (Wildman–Crippen LogP) is 3.58. The number of primary amides is 1. The molecular weight excluding hydrogens is 369 g/mol. The molecule has 0 aliphatic heterocycles. The second-order valence-electron chi connectivity index (χ2n) is 7.03. The van der Waals surface area contributed by atoms with Crippen LogP contribution in [0.1, 0.15) is 45.6 Å².